The predicted octanol–water partition coefficient (Wildman–Crippen LogP) is 3.24. The van der Waals surface area contributed by atoms with Crippen LogP contribution in [0.25, 0.3) is 0 Å². The van der Waals surface area contributed by atoms with Gasteiger partial charge in [-0.3, -0.25) is 0 Å². The van der Waals surface area contributed by atoms with Crippen LogP contribution in [-0.2, 0) is 4.74 Å². The van der Waals surface area contributed by atoms with E-state index in [2.05, 4.69) is 13.2 Å². The van der Waals surface area contributed by atoms with Crippen LogP contribution in [0.5, 0.6) is 11.5 Å². The van der Waals surface area contributed by atoms with E-state index in [4.69, 9.17) is 14.2 Å². The topological polar surface area (TPSA) is 27.7 Å². The molecule has 1 aromatic carbocycles. The molecule has 0 radical (unpaired) electrons. The molecule has 3 nitrogen and oxygen atoms in total. The Hall–Kier alpha value is -1.74. The zero-order valence-corrected chi connectivity index (χ0v) is 9.72. The van der Waals surface area contributed by atoms with Crippen molar-refractivity contribution in [3.05, 3.63) is 49.1 Å². The minimum atomic E-state index is -0.0139. The Labute approximate surface area is 101 Å². The van der Waals surface area contributed by atoms with E-state index in [1.807, 2.05) is 24.3 Å². The first-order valence-electron chi connectivity index (χ1n) is 5.58. The quantitative estimate of drug-likeness (QED) is 0.705. The molecule has 1 atom stereocenters. The highest BCUT2D eigenvalue weighted by molar-refractivity contribution is 5.45. The smallest absolute Gasteiger partial charge is 0.231 e. The van der Waals surface area contributed by atoms with Crippen LogP contribution >= 0.6 is 0 Å². The van der Waals surface area contributed by atoms with E-state index < -0.39 is 0 Å². The fraction of sp³-hybridized carbons (Fsp3) is 0.286. The highest BCUT2D eigenvalue weighted by atomic mass is 16.7. The molecule has 0 saturated carbocycles. The molecular weight excluding hydrogens is 216 g/mol. The van der Waals surface area contributed by atoms with Crippen molar-refractivity contribution in [1.29, 1.82) is 0 Å². The van der Waals surface area contributed by atoms with Gasteiger partial charge in [-0.05, 0) is 24.1 Å². The van der Waals surface area contributed by atoms with E-state index >= 15 is 0 Å². The molecule has 0 fully saturated rings. The second kappa shape index (κ2) is 5.55. The third kappa shape index (κ3) is 2.68. The molecule has 1 aromatic rings. The van der Waals surface area contributed by atoms with Crippen molar-refractivity contribution in [2.75, 3.05) is 13.4 Å². The molecule has 0 spiro atoms. The van der Waals surface area contributed by atoms with Crippen molar-refractivity contribution >= 4 is 0 Å². The lowest BCUT2D eigenvalue weighted by Crippen LogP contribution is -2.03. The van der Waals surface area contributed by atoms with Crippen molar-refractivity contribution in [2.45, 2.75) is 12.5 Å². The third-order valence-electron chi connectivity index (χ3n) is 2.56. The summed E-state index contributed by atoms with van der Waals surface area (Å²) in [4.78, 5) is 0. The van der Waals surface area contributed by atoms with Gasteiger partial charge in [-0.25, -0.2) is 0 Å². The number of hydrogen-bond acceptors (Lipinski definition) is 3. The lowest BCUT2D eigenvalue weighted by atomic mass is 10.1. The minimum Gasteiger partial charge on any atom is -0.454 e. The van der Waals surface area contributed by atoms with Gasteiger partial charge in [0.1, 0.15) is 0 Å². The zero-order valence-electron chi connectivity index (χ0n) is 9.72. The van der Waals surface area contributed by atoms with E-state index in [1.165, 1.54) is 0 Å². The summed E-state index contributed by atoms with van der Waals surface area (Å²) >= 11 is 0. The maximum Gasteiger partial charge on any atom is 0.231 e. The monoisotopic (exact) mass is 232 g/mol. The summed E-state index contributed by atoms with van der Waals surface area (Å²) in [5.41, 5.74) is 1.07. The molecule has 17 heavy (non-hydrogen) atoms. The highest BCUT2D eigenvalue weighted by Crippen LogP contribution is 2.35. The molecular formula is C14H16O3. The Morgan fingerprint density at radius 2 is 2.06 bits per heavy atom. The first kappa shape index (κ1) is 11.7. The van der Waals surface area contributed by atoms with Crippen LogP contribution in [-0.4, -0.2) is 13.4 Å². The number of fused-ring (bicyclic) bond motifs is 1. The Kier molecular flexibility index (Phi) is 3.83. The lowest BCUT2D eigenvalue weighted by Gasteiger charge is -2.16. The molecule has 1 aliphatic rings. The molecule has 0 aromatic heterocycles. The highest BCUT2D eigenvalue weighted by Gasteiger charge is 2.17. The fourth-order valence-electron chi connectivity index (χ4n) is 1.75. The van der Waals surface area contributed by atoms with Crippen LogP contribution in [0, 0.1) is 0 Å². The summed E-state index contributed by atoms with van der Waals surface area (Å²) in [5, 5.41) is 0. The molecule has 3 heteroatoms. The molecule has 1 heterocycles. The minimum absolute atomic E-state index is 0.0139. The van der Waals surface area contributed by atoms with Crippen LogP contribution in [0.1, 0.15) is 18.1 Å². The summed E-state index contributed by atoms with van der Waals surface area (Å²) in [6.45, 7) is 8.20. The van der Waals surface area contributed by atoms with Crippen LogP contribution in [0.15, 0.2) is 43.5 Å². The number of hydrogen-bond donors (Lipinski definition) is 0. The lowest BCUT2D eigenvalue weighted by molar-refractivity contribution is 0.0765. The first-order chi connectivity index (χ1) is 8.35. The molecule has 1 aliphatic heterocycles. The van der Waals surface area contributed by atoms with Gasteiger partial charge in [0.25, 0.3) is 0 Å². The fourth-order valence-corrected chi connectivity index (χ4v) is 1.75. The maximum atomic E-state index is 5.69. The molecule has 2 rings (SSSR count). The van der Waals surface area contributed by atoms with Crippen molar-refractivity contribution in [2.24, 2.45) is 0 Å². The largest absolute Gasteiger partial charge is 0.454 e. The van der Waals surface area contributed by atoms with E-state index in [0.717, 1.165) is 23.5 Å². The second-order valence-electron chi connectivity index (χ2n) is 3.75. The molecule has 0 amide bonds. The van der Waals surface area contributed by atoms with Crippen molar-refractivity contribution in [1.82, 2.24) is 0 Å². The van der Waals surface area contributed by atoms with Gasteiger partial charge in [0.15, 0.2) is 11.5 Å². The van der Waals surface area contributed by atoms with Crippen molar-refractivity contribution in [3.8, 4) is 11.5 Å². The van der Waals surface area contributed by atoms with Gasteiger partial charge in [0, 0.05) is 0 Å². The summed E-state index contributed by atoms with van der Waals surface area (Å²) in [5.74, 6) is 1.56. The van der Waals surface area contributed by atoms with E-state index in [-0.39, 0.29) is 6.10 Å². The Morgan fingerprint density at radius 3 is 2.82 bits per heavy atom. The van der Waals surface area contributed by atoms with Gasteiger partial charge >= 0.3 is 0 Å². The van der Waals surface area contributed by atoms with E-state index in [9.17, 15) is 0 Å². The van der Waals surface area contributed by atoms with Gasteiger partial charge in [-0.2, -0.15) is 0 Å². The van der Waals surface area contributed by atoms with Crippen LogP contribution < -0.4 is 9.47 Å². The van der Waals surface area contributed by atoms with E-state index in [0.29, 0.717) is 13.4 Å². The summed E-state index contributed by atoms with van der Waals surface area (Å²) in [7, 11) is 0. The normalized spacial score (nSPS) is 14.4. The Bertz CT molecular complexity index is 412. The Balaban J connectivity index is 2.16. The van der Waals surface area contributed by atoms with Gasteiger partial charge in [-0.1, -0.05) is 18.2 Å². The first-order valence-corrected chi connectivity index (χ1v) is 5.58. The number of rotatable bonds is 6. The van der Waals surface area contributed by atoms with Gasteiger partial charge < -0.3 is 14.2 Å². The molecule has 0 bridgehead atoms. The van der Waals surface area contributed by atoms with Crippen molar-refractivity contribution in [3.63, 3.8) is 0 Å². The maximum absolute atomic E-state index is 5.69. The summed E-state index contributed by atoms with van der Waals surface area (Å²) in [6, 6.07) is 5.86. The Morgan fingerprint density at radius 1 is 1.24 bits per heavy atom. The van der Waals surface area contributed by atoms with Gasteiger partial charge in [0.05, 0.1) is 12.7 Å². The van der Waals surface area contributed by atoms with E-state index in [1.54, 1.807) is 6.08 Å². The molecule has 0 aliphatic carbocycles. The summed E-state index contributed by atoms with van der Waals surface area (Å²) in [6.07, 6.45) is 4.33. The van der Waals surface area contributed by atoms with Gasteiger partial charge in [0.2, 0.25) is 6.79 Å². The van der Waals surface area contributed by atoms with Crippen molar-refractivity contribution < 1.29 is 14.2 Å². The van der Waals surface area contributed by atoms with Crippen LogP contribution in [0.4, 0.5) is 0 Å². The average molecular weight is 232 g/mol. The van der Waals surface area contributed by atoms with Crippen LogP contribution in [0.2, 0.25) is 0 Å². The van der Waals surface area contributed by atoms with Gasteiger partial charge in [-0.15, -0.1) is 13.2 Å². The van der Waals surface area contributed by atoms with Crippen LogP contribution in [0.3, 0.4) is 0 Å². The summed E-state index contributed by atoms with van der Waals surface area (Å²) < 4.78 is 16.3. The number of benzene rings is 1. The molecule has 1 unspecified atom stereocenters. The SMILES string of the molecule is C=CCOC(CC=C)c1ccc2c(c1)OCO2. The molecule has 90 valence electrons. The third-order valence-corrected chi connectivity index (χ3v) is 2.56. The number of ether oxygens (including phenoxy) is 3. The average Bonchev–Trinajstić information content (AvgIpc) is 2.81. The molecule has 0 saturated heterocycles. The standard InChI is InChI=1S/C14H16O3/c1-3-5-12(15-8-4-2)11-6-7-13-14(9-11)17-10-16-13/h3-4,6-7,9,12H,1-2,5,8,10H2. The molecule has 0 N–H and O–H groups in total. The second-order valence-corrected chi connectivity index (χ2v) is 3.75. The zero-order chi connectivity index (χ0) is 12.1. The predicted molar refractivity (Wildman–Crippen MR) is 66.3 cm³/mol.